The van der Waals surface area contributed by atoms with Gasteiger partial charge in [0.25, 0.3) is 0 Å². The summed E-state index contributed by atoms with van der Waals surface area (Å²) >= 11 is 5.76. The summed E-state index contributed by atoms with van der Waals surface area (Å²) in [6, 6.07) is 5.07. The van der Waals surface area contributed by atoms with E-state index in [2.05, 4.69) is 10.3 Å². The number of anilines is 1. The number of nitrogens with zero attached hydrogens (tertiary/aromatic N) is 2. The number of aromatic nitrogens is 1. The molecule has 1 N–H and O–H groups in total. The predicted octanol–water partition coefficient (Wildman–Crippen LogP) is 1.84. The molecule has 7 heteroatoms. The van der Waals surface area contributed by atoms with Crippen molar-refractivity contribution in [2.75, 3.05) is 17.3 Å². The van der Waals surface area contributed by atoms with Crippen LogP contribution in [0.15, 0.2) is 12.1 Å². The van der Waals surface area contributed by atoms with E-state index >= 15 is 0 Å². The summed E-state index contributed by atoms with van der Waals surface area (Å²) in [6.07, 6.45) is 1.68. The van der Waals surface area contributed by atoms with Gasteiger partial charge in [-0.3, -0.25) is 0 Å². The summed E-state index contributed by atoms with van der Waals surface area (Å²) in [5.74, 6) is 0.622. The molecule has 0 aliphatic carbocycles. The first-order valence-electron chi connectivity index (χ1n) is 5.33. The first-order chi connectivity index (χ1) is 8.31. The van der Waals surface area contributed by atoms with Crippen LogP contribution >= 0.6 is 11.6 Å². The summed E-state index contributed by atoms with van der Waals surface area (Å²) in [6.45, 7) is 1.85. The van der Waals surface area contributed by atoms with Crippen LogP contribution in [0, 0.1) is 11.3 Å². The van der Waals surface area contributed by atoms with Gasteiger partial charge in [0.05, 0.1) is 10.8 Å². The molecular weight excluding hydrogens is 274 g/mol. The Morgan fingerprint density at radius 1 is 1.56 bits per heavy atom. The molecule has 1 heterocycles. The van der Waals surface area contributed by atoms with Gasteiger partial charge in [-0.25, -0.2) is 13.4 Å². The van der Waals surface area contributed by atoms with Crippen molar-refractivity contribution in [2.24, 2.45) is 0 Å². The third kappa shape index (κ3) is 4.90. The van der Waals surface area contributed by atoms with Crippen LogP contribution in [0.4, 0.5) is 5.82 Å². The van der Waals surface area contributed by atoms with Crippen molar-refractivity contribution in [2.45, 2.75) is 19.4 Å². The van der Waals surface area contributed by atoms with Gasteiger partial charge in [0.1, 0.15) is 21.7 Å². The van der Waals surface area contributed by atoms with Crippen LogP contribution in [0.2, 0.25) is 5.02 Å². The van der Waals surface area contributed by atoms with Crippen molar-refractivity contribution in [3.8, 4) is 6.07 Å². The standard InChI is InChI=1S/C11H14ClN3O2S/c1-8(5-6-18(2,16)17)14-11-4-3-9(12)10(7-13)15-11/h3-4,8H,5-6H2,1-2H3,(H,14,15). The predicted molar refractivity (Wildman–Crippen MR) is 71.4 cm³/mol. The molecule has 0 saturated carbocycles. The smallest absolute Gasteiger partial charge is 0.161 e. The molecule has 1 aromatic rings. The van der Waals surface area contributed by atoms with Gasteiger partial charge in [0.15, 0.2) is 5.69 Å². The van der Waals surface area contributed by atoms with Crippen molar-refractivity contribution in [3.63, 3.8) is 0 Å². The minimum atomic E-state index is -2.96. The molecule has 0 spiro atoms. The average molecular weight is 288 g/mol. The lowest BCUT2D eigenvalue weighted by atomic mass is 10.2. The van der Waals surface area contributed by atoms with E-state index in [4.69, 9.17) is 16.9 Å². The SMILES string of the molecule is CC(CCS(C)(=O)=O)Nc1ccc(Cl)c(C#N)n1. The van der Waals surface area contributed by atoms with Gasteiger partial charge < -0.3 is 5.32 Å². The number of pyridine rings is 1. The fraction of sp³-hybridized carbons (Fsp3) is 0.455. The molecule has 0 amide bonds. The van der Waals surface area contributed by atoms with E-state index in [1.54, 1.807) is 12.1 Å². The van der Waals surface area contributed by atoms with E-state index in [-0.39, 0.29) is 17.5 Å². The molecule has 98 valence electrons. The second-order valence-corrected chi connectivity index (χ2v) is 6.77. The third-order valence-electron chi connectivity index (χ3n) is 2.27. The van der Waals surface area contributed by atoms with Gasteiger partial charge >= 0.3 is 0 Å². The Morgan fingerprint density at radius 3 is 2.78 bits per heavy atom. The highest BCUT2D eigenvalue weighted by Crippen LogP contribution is 2.16. The molecule has 1 unspecified atom stereocenters. The monoisotopic (exact) mass is 287 g/mol. The molecule has 0 radical (unpaired) electrons. The Morgan fingerprint density at radius 2 is 2.22 bits per heavy atom. The Kier molecular flexibility index (Phi) is 4.93. The van der Waals surface area contributed by atoms with Crippen LogP contribution in [0.25, 0.3) is 0 Å². The van der Waals surface area contributed by atoms with Crippen LogP contribution in [0.1, 0.15) is 19.0 Å². The van der Waals surface area contributed by atoms with E-state index in [0.717, 1.165) is 0 Å². The van der Waals surface area contributed by atoms with Gasteiger partial charge in [0, 0.05) is 12.3 Å². The lowest BCUT2D eigenvalue weighted by Gasteiger charge is -2.14. The van der Waals surface area contributed by atoms with Crippen LogP contribution in [-0.4, -0.2) is 31.5 Å². The van der Waals surface area contributed by atoms with E-state index in [1.807, 2.05) is 13.0 Å². The molecule has 1 atom stereocenters. The number of rotatable bonds is 5. The molecule has 0 bridgehead atoms. The molecule has 1 rings (SSSR count). The largest absolute Gasteiger partial charge is 0.368 e. The van der Waals surface area contributed by atoms with Gasteiger partial charge in [-0.2, -0.15) is 5.26 Å². The molecule has 5 nitrogen and oxygen atoms in total. The fourth-order valence-corrected chi connectivity index (χ4v) is 2.25. The zero-order valence-electron chi connectivity index (χ0n) is 10.1. The van der Waals surface area contributed by atoms with Crippen LogP contribution < -0.4 is 5.32 Å². The zero-order chi connectivity index (χ0) is 13.8. The minimum Gasteiger partial charge on any atom is -0.368 e. The molecule has 0 aromatic carbocycles. The topological polar surface area (TPSA) is 82.9 Å². The van der Waals surface area contributed by atoms with E-state index in [9.17, 15) is 8.42 Å². The molecular formula is C11H14ClN3O2S. The Hall–Kier alpha value is -1.32. The lowest BCUT2D eigenvalue weighted by molar-refractivity contribution is 0.595. The van der Waals surface area contributed by atoms with Crippen LogP contribution in [0.5, 0.6) is 0 Å². The van der Waals surface area contributed by atoms with E-state index < -0.39 is 9.84 Å². The minimum absolute atomic E-state index is 0.0556. The lowest BCUT2D eigenvalue weighted by Crippen LogP contribution is -2.20. The molecule has 0 aliphatic rings. The maximum atomic E-state index is 11.0. The molecule has 18 heavy (non-hydrogen) atoms. The summed E-state index contributed by atoms with van der Waals surface area (Å²) in [7, 11) is -2.96. The first kappa shape index (κ1) is 14.7. The Bertz CT molecular complexity index is 566. The second kappa shape index (κ2) is 6.03. The number of halogens is 1. The molecule has 0 saturated heterocycles. The van der Waals surface area contributed by atoms with Gasteiger partial charge in [0.2, 0.25) is 0 Å². The quantitative estimate of drug-likeness (QED) is 0.893. The normalized spacial score (nSPS) is 12.8. The highest BCUT2D eigenvalue weighted by atomic mass is 35.5. The molecule has 0 fully saturated rings. The third-order valence-corrected chi connectivity index (χ3v) is 3.55. The fourth-order valence-electron chi connectivity index (χ4n) is 1.32. The summed E-state index contributed by atoms with van der Waals surface area (Å²) in [5, 5.41) is 12.1. The number of nitrogens with one attached hydrogen (secondary N) is 1. The maximum absolute atomic E-state index is 11.0. The first-order valence-corrected chi connectivity index (χ1v) is 7.76. The second-order valence-electron chi connectivity index (χ2n) is 4.10. The molecule has 0 aliphatic heterocycles. The van der Waals surface area contributed by atoms with Crippen molar-refractivity contribution in [1.82, 2.24) is 4.98 Å². The van der Waals surface area contributed by atoms with Crippen molar-refractivity contribution < 1.29 is 8.42 Å². The van der Waals surface area contributed by atoms with Crippen LogP contribution in [0.3, 0.4) is 0 Å². The number of sulfone groups is 1. The van der Waals surface area contributed by atoms with Gasteiger partial charge in [-0.05, 0) is 25.5 Å². The van der Waals surface area contributed by atoms with Crippen molar-refractivity contribution in [1.29, 1.82) is 5.26 Å². The number of hydrogen-bond donors (Lipinski definition) is 1. The summed E-state index contributed by atoms with van der Waals surface area (Å²) in [4.78, 5) is 4.02. The highest BCUT2D eigenvalue weighted by molar-refractivity contribution is 7.90. The van der Waals surface area contributed by atoms with Gasteiger partial charge in [-0.1, -0.05) is 11.6 Å². The highest BCUT2D eigenvalue weighted by Gasteiger charge is 2.09. The van der Waals surface area contributed by atoms with E-state index in [0.29, 0.717) is 17.3 Å². The Labute approximate surface area is 112 Å². The molecule has 1 aromatic heterocycles. The Balaban J connectivity index is 2.65. The van der Waals surface area contributed by atoms with Crippen LogP contribution in [-0.2, 0) is 9.84 Å². The van der Waals surface area contributed by atoms with Crippen molar-refractivity contribution in [3.05, 3.63) is 22.8 Å². The summed E-state index contributed by atoms with van der Waals surface area (Å²) < 4.78 is 22.1. The number of hydrogen-bond acceptors (Lipinski definition) is 5. The number of nitriles is 1. The zero-order valence-corrected chi connectivity index (χ0v) is 11.7. The van der Waals surface area contributed by atoms with Crippen molar-refractivity contribution >= 4 is 27.3 Å². The maximum Gasteiger partial charge on any atom is 0.161 e. The average Bonchev–Trinajstić information content (AvgIpc) is 2.28. The van der Waals surface area contributed by atoms with Gasteiger partial charge in [-0.15, -0.1) is 0 Å². The van der Waals surface area contributed by atoms with E-state index in [1.165, 1.54) is 6.26 Å². The summed E-state index contributed by atoms with van der Waals surface area (Å²) in [5.41, 5.74) is 0.150.